The summed E-state index contributed by atoms with van der Waals surface area (Å²) in [4.78, 5) is 13.4. The number of benzene rings is 1. The molecule has 2 atom stereocenters. The maximum atomic E-state index is 11.5. The molecule has 1 aromatic carbocycles. The second-order valence-corrected chi connectivity index (χ2v) is 5.63. The summed E-state index contributed by atoms with van der Waals surface area (Å²) in [5.74, 6) is 0. The summed E-state index contributed by atoms with van der Waals surface area (Å²) in [5.41, 5.74) is 1.45. The summed E-state index contributed by atoms with van der Waals surface area (Å²) in [6.45, 7) is 1.36. The van der Waals surface area contributed by atoms with Crippen molar-refractivity contribution in [1.82, 2.24) is 0 Å². The Bertz CT molecular complexity index is 533. The van der Waals surface area contributed by atoms with E-state index in [-0.39, 0.29) is 22.8 Å². The van der Waals surface area contributed by atoms with E-state index in [4.69, 9.17) is 4.74 Å². The Morgan fingerprint density at radius 3 is 2.95 bits per heavy atom. The minimum atomic E-state index is -0.283. The number of nitrogens with zero attached hydrogens (tertiary/aromatic N) is 2. The van der Waals surface area contributed by atoms with Gasteiger partial charge >= 0.3 is 5.69 Å². The standard InChI is InChI=1S/C15H21N3O3/c1-16-11-5-4-7-13(15(11)18(19)20)17-9-10-21-14-8-3-2-6-12(14)17/h4-5,7,12,14,16H,2-3,6,8-10H2,1H3. The van der Waals surface area contributed by atoms with E-state index in [2.05, 4.69) is 10.2 Å². The minimum Gasteiger partial charge on any atom is -0.382 e. The van der Waals surface area contributed by atoms with Crippen LogP contribution in [0.15, 0.2) is 18.2 Å². The molecule has 3 rings (SSSR count). The van der Waals surface area contributed by atoms with E-state index in [1.807, 2.05) is 12.1 Å². The third kappa shape index (κ3) is 2.55. The zero-order valence-electron chi connectivity index (χ0n) is 12.2. The molecular formula is C15H21N3O3. The summed E-state index contributed by atoms with van der Waals surface area (Å²) >= 11 is 0. The van der Waals surface area contributed by atoms with Gasteiger partial charge in [0.2, 0.25) is 0 Å². The molecule has 114 valence electrons. The molecule has 1 aliphatic heterocycles. The number of nitrogens with one attached hydrogen (secondary N) is 1. The number of rotatable bonds is 3. The first-order chi connectivity index (χ1) is 10.2. The summed E-state index contributed by atoms with van der Waals surface area (Å²) in [7, 11) is 1.72. The molecule has 0 spiro atoms. The number of hydrogen-bond donors (Lipinski definition) is 1. The van der Waals surface area contributed by atoms with Crippen LogP contribution >= 0.6 is 0 Å². The molecule has 2 fully saturated rings. The largest absolute Gasteiger partial charge is 0.382 e. The van der Waals surface area contributed by atoms with E-state index in [9.17, 15) is 10.1 Å². The van der Waals surface area contributed by atoms with Gasteiger partial charge in [0, 0.05) is 13.6 Å². The van der Waals surface area contributed by atoms with Crippen molar-refractivity contribution in [3.8, 4) is 0 Å². The lowest BCUT2D eigenvalue weighted by molar-refractivity contribution is -0.383. The first-order valence-corrected chi connectivity index (χ1v) is 7.56. The van der Waals surface area contributed by atoms with Gasteiger partial charge < -0.3 is 15.0 Å². The van der Waals surface area contributed by atoms with E-state index >= 15 is 0 Å². The molecule has 1 saturated heterocycles. The van der Waals surface area contributed by atoms with Crippen molar-refractivity contribution < 1.29 is 9.66 Å². The molecule has 0 aromatic heterocycles. The number of nitro benzene ring substituents is 1. The lowest BCUT2D eigenvalue weighted by Gasteiger charge is -2.44. The highest BCUT2D eigenvalue weighted by Crippen LogP contribution is 2.40. The molecule has 1 heterocycles. The summed E-state index contributed by atoms with van der Waals surface area (Å²) < 4.78 is 5.86. The van der Waals surface area contributed by atoms with E-state index in [1.54, 1.807) is 13.1 Å². The second kappa shape index (κ2) is 5.89. The molecule has 0 bridgehead atoms. The van der Waals surface area contributed by atoms with Crippen LogP contribution in [-0.4, -0.2) is 37.3 Å². The number of para-hydroxylation sites is 1. The average Bonchev–Trinajstić information content (AvgIpc) is 2.53. The van der Waals surface area contributed by atoms with Gasteiger partial charge in [-0.25, -0.2) is 0 Å². The number of hydrogen-bond acceptors (Lipinski definition) is 5. The summed E-state index contributed by atoms with van der Waals surface area (Å²) in [6.07, 6.45) is 4.67. The Hall–Kier alpha value is -1.82. The van der Waals surface area contributed by atoms with Crippen molar-refractivity contribution in [2.75, 3.05) is 30.4 Å². The molecule has 2 unspecified atom stereocenters. The fraction of sp³-hybridized carbons (Fsp3) is 0.600. The van der Waals surface area contributed by atoms with Crippen molar-refractivity contribution in [2.24, 2.45) is 0 Å². The molecule has 21 heavy (non-hydrogen) atoms. The van der Waals surface area contributed by atoms with Crippen molar-refractivity contribution in [3.63, 3.8) is 0 Å². The van der Waals surface area contributed by atoms with Crippen LogP contribution in [0.3, 0.4) is 0 Å². The normalized spacial score (nSPS) is 25.3. The second-order valence-electron chi connectivity index (χ2n) is 5.63. The fourth-order valence-corrected chi connectivity index (χ4v) is 3.55. The number of fused-ring (bicyclic) bond motifs is 1. The molecule has 0 amide bonds. The molecule has 1 aromatic rings. The molecule has 0 radical (unpaired) electrons. The Balaban J connectivity index is 2.00. The predicted octanol–water partition coefficient (Wildman–Crippen LogP) is 2.78. The number of ether oxygens (including phenoxy) is 1. The van der Waals surface area contributed by atoms with Crippen LogP contribution in [0.25, 0.3) is 0 Å². The maximum Gasteiger partial charge on any atom is 0.315 e. The fourth-order valence-electron chi connectivity index (χ4n) is 3.55. The molecule has 6 heteroatoms. The third-order valence-electron chi connectivity index (χ3n) is 4.51. The van der Waals surface area contributed by atoms with E-state index in [1.165, 1.54) is 12.8 Å². The van der Waals surface area contributed by atoms with E-state index in [0.717, 1.165) is 19.4 Å². The third-order valence-corrected chi connectivity index (χ3v) is 4.51. The monoisotopic (exact) mass is 291 g/mol. The van der Waals surface area contributed by atoms with Gasteiger partial charge in [0.15, 0.2) is 0 Å². The molecule has 1 aliphatic carbocycles. The molecule has 1 N–H and O–H groups in total. The SMILES string of the molecule is CNc1cccc(N2CCOC3CCCCC32)c1[N+](=O)[O-]. The molecule has 2 aliphatic rings. The predicted molar refractivity (Wildman–Crippen MR) is 82.0 cm³/mol. The Labute approximate surface area is 124 Å². The molecule has 6 nitrogen and oxygen atoms in total. The van der Waals surface area contributed by atoms with Crippen LogP contribution in [0.5, 0.6) is 0 Å². The maximum absolute atomic E-state index is 11.5. The van der Waals surface area contributed by atoms with Crippen LogP contribution in [-0.2, 0) is 4.74 Å². The zero-order chi connectivity index (χ0) is 14.8. The van der Waals surface area contributed by atoms with Crippen molar-refractivity contribution in [2.45, 2.75) is 37.8 Å². The zero-order valence-corrected chi connectivity index (χ0v) is 12.2. The topological polar surface area (TPSA) is 67.6 Å². The van der Waals surface area contributed by atoms with E-state index < -0.39 is 0 Å². The number of nitro groups is 1. The van der Waals surface area contributed by atoms with Gasteiger partial charge in [0.05, 0.1) is 23.7 Å². The van der Waals surface area contributed by atoms with Crippen LogP contribution in [0, 0.1) is 10.1 Å². The number of morpholine rings is 1. The Morgan fingerprint density at radius 1 is 1.38 bits per heavy atom. The lowest BCUT2D eigenvalue weighted by atomic mass is 9.89. The van der Waals surface area contributed by atoms with Crippen LogP contribution in [0.4, 0.5) is 17.1 Å². The minimum absolute atomic E-state index is 0.172. The van der Waals surface area contributed by atoms with Gasteiger partial charge in [-0.3, -0.25) is 10.1 Å². The summed E-state index contributed by atoms with van der Waals surface area (Å²) in [6, 6.07) is 5.75. The molecule has 1 saturated carbocycles. The quantitative estimate of drug-likeness (QED) is 0.685. The smallest absolute Gasteiger partial charge is 0.315 e. The highest BCUT2D eigenvalue weighted by molar-refractivity contribution is 5.77. The average molecular weight is 291 g/mol. The van der Waals surface area contributed by atoms with Crippen molar-refractivity contribution in [1.29, 1.82) is 0 Å². The van der Waals surface area contributed by atoms with Crippen LogP contribution in [0.1, 0.15) is 25.7 Å². The molecular weight excluding hydrogens is 270 g/mol. The Morgan fingerprint density at radius 2 is 2.19 bits per heavy atom. The van der Waals surface area contributed by atoms with Gasteiger partial charge in [-0.15, -0.1) is 0 Å². The van der Waals surface area contributed by atoms with Crippen LogP contribution in [0.2, 0.25) is 0 Å². The van der Waals surface area contributed by atoms with Crippen molar-refractivity contribution in [3.05, 3.63) is 28.3 Å². The van der Waals surface area contributed by atoms with Gasteiger partial charge in [-0.05, 0) is 25.0 Å². The first-order valence-electron chi connectivity index (χ1n) is 7.56. The highest BCUT2D eigenvalue weighted by atomic mass is 16.6. The van der Waals surface area contributed by atoms with Crippen LogP contribution < -0.4 is 10.2 Å². The number of anilines is 2. The van der Waals surface area contributed by atoms with Gasteiger partial charge in [-0.1, -0.05) is 18.9 Å². The Kier molecular flexibility index (Phi) is 3.96. The summed E-state index contributed by atoms with van der Waals surface area (Å²) in [5, 5.41) is 14.4. The first kappa shape index (κ1) is 14.1. The van der Waals surface area contributed by atoms with Gasteiger partial charge in [-0.2, -0.15) is 0 Å². The van der Waals surface area contributed by atoms with Crippen molar-refractivity contribution >= 4 is 17.1 Å². The van der Waals surface area contributed by atoms with Gasteiger partial charge in [0.1, 0.15) is 11.4 Å². The lowest BCUT2D eigenvalue weighted by Crippen LogP contribution is -2.53. The highest BCUT2D eigenvalue weighted by Gasteiger charge is 2.37. The van der Waals surface area contributed by atoms with E-state index in [0.29, 0.717) is 18.0 Å². The van der Waals surface area contributed by atoms with Gasteiger partial charge in [0.25, 0.3) is 0 Å².